The van der Waals surface area contributed by atoms with Gasteiger partial charge in [-0.25, -0.2) is 4.79 Å². The van der Waals surface area contributed by atoms with Crippen LogP contribution in [-0.2, 0) is 19.1 Å². The van der Waals surface area contributed by atoms with Crippen LogP contribution in [0.3, 0.4) is 0 Å². The Kier molecular flexibility index (Phi) is 5.41. The van der Waals surface area contributed by atoms with Crippen LogP contribution < -0.4 is 10.6 Å². The summed E-state index contributed by atoms with van der Waals surface area (Å²) in [6.45, 7) is -0.583. The first-order valence-electron chi connectivity index (χ1n) is 5.43. The van der Waals surface area contributed by atoms with Crippen molar-refractivity contribution in [2.24, 2.45) is 0 Å². The minimum Gasteiger partial charge on any atom is -0.480 e. The van der Waals surface area contributed by atoms with Crippen molar-refractivity contribution < 1.29 is 24.2 Å². The maximum atomic E-state index is 11.2. The molecule has 0 aromatic heterocycles. The van der Waals surface area contributed by atoms with Crippen molar-refractivity contribution >= 4 is 17.8 Å². The van der Waals surface area contributed by atoms with Gasteiger partial charge < -0.3 is 20.5 Å². The Morgan fingerprint density at radius 1 is 1.18 bits per heavy atom. The Labute approximate surface area is 98.5 Å². The predicted molar refractivity (Wildman–Crippen MR) is 57.2 cm³/mol. The van der Waals surface area contributed by atoms with Gasteiger partial charge in [0.25, 0.3) is 0 Å². The second-order valence-electron chi connectivity index (χ2n) is 3.83. The minimum absolute atomic E-state index is 0.0840. The molecule has 1 aliphatic carbocycles. The Morgan fingerprint density at radius 2 is 1.88 bits per heavy atom. The Bertz CT molecular complexity index is 301. The third-order valence-corrected chi connectivity index (χ3v) is 2.08. The fourth-order valence-corrected chi connectivity index (χ4v) is 1.13. The van der Waals surface area contributed by atoms with Crippen LogP contribution in [0.15, 0.2) is 0 Å². The van der Waals surface area contributed by atoms with Crippen LogP contribution >= 0.6 is 0 Å². The van der Waals surface area contributed by atoms with E-state index in [2.05, 4.69) is 15.4 Å². The smallest absolute Gasteiger partial charge is 0.329 e. The van der Waals surface area contributed by atoms with E-state index in [1.165, 1.54) is 0 Å². The molecule has 0 radical (unpaired) electrons. The van der Waals surface area contributed by atoms with Crippen molar-refractivity contribution in [3.05, 3.63) is 0 Å². The Balaban J connectivity index is 1.95. The molecule has 0 aromatic carbocycles. The summed E-state index contributed by atoms with van der Waals surface area (Å²) >= 11 is 0. The highest BCUT2D eigenvalue weighted by Crippen LogP contribution is 2.18. The molecule has 7 nitrogen and oxygen atoms in total. The van der Waals surface area contributed by atoms with Crippen molar-refractivity contribution in [2.75, 3.05) is 19.8 Å². The zero-order chi connectivity index (χ0) is 12.7. The highest BCUT2D eigenvalue weighted by Gasteiger charge is 2.22. The van der Waals surface area contributed by atoms with E-state index in [4.69, 9.17) is 5.11 Å². The van der Waals surface area contributed by atoms with E-state index in [1.807, 2.05) is 0 Å². The number of amides is 2. The average Bonchev–Trinajstić information content (AvgIpc) is 3.01. The number of rotatable bonds is 8. The van der Waals surface area contributed by atoms with Gasteiger partial charge in [-0.2, -0.15) is 0 Å². The van der Waals surface area contributed by atoms with Crippen molar-refractivity contribution in [3.8, 4) is 0 Å². The Morgan fingerprint density at radius 3 is 2.47 bits per heavy atom. The summed E-state index contributed by atoms with van der Waals surface area (Å²) in [7, 11) is 0. The lowest BCUT2D eigenvalue weighted by molar-refractivity contribution is -0.143. The van der Waals surface area contributed by atoms with Gasteiger partial charge in [0.15, 0.2) is 0 Å². The molecule has 1 rings (SSSR count). The number of carbonyl (C=O) groups excluding carboxylic acids is 2. The van der Waals surface area contributed by atoms with Crippen LogP contribution in [0.4, 0.5) is 0 Å². The summed E-state index contributed by atoms with van der Waals surface area (Å²) in [6.07, 6.45) is 2.28. The van der Waals surface area contributed by atoms with E-state index in [1.54, 1.807) is 0 Å². The van der Waals surface area contributed by atoms with E-state index in [0.717, 1.165) is 12.8 Å². The van der Waals surface area contributed by atoms with E-state index in [9.17, 15) is 14.4 Å². The molecule has 7 heteroatoms. The highest BCUT2D eigenvalue weighted by molar-refractivity contribution is 5.80. The predicted octanol–water partition coefficient (Wildman–Crippen LogP) is -1.13. The Hall–Kier alpha value is -1.63. The second-order valence-corrected chi connectivity index (χ2v) is 3.83. The van der Waals surface area contributed by atoms with Gasteiger partial charge in [-0.15, -0.1) is 0 Å². The lowest BCUT2D eigenvalue weighted by Gasteiger charge is -2.05. The van der Waals surface area contributed by atoms with Gasteiger partial charge in [0.2, 0.25) is 11.8 Å². The molecule has 0 spiro atoms. The van der Waals surface area contributed by atoms with Crippen LogP contribution in [-0.4, -0.2) is 48.7 Å². The molecular formula is C10H16N2O5. The van der Waals surface area contributed by atoms with Crippen LogP contribution in [0, 0.1) is 0 Å². The minimum atomic E-state index is -1.12. The maximum absolute atomic E-state index is 11.2. The van der Waals surface area contributed by atoms with E-state index in [-0.39, 0.29) is 25.5 Å². The second kappa shape index (κ2) is 6.85. The van der Waals surface area contributed by atoms with Crippen molar-refractivity contribution in [1.82, 2.24) is 10.6 Å². The molecule has 1 aliphatic rings. The van der Waals surface area contributed by atoms with E-state index in [0.29, 0.717) is 6.04 Å². The number of hydrogen-bond donors (Lipinski definition) is 3. The molecule has 2 amide bonds. The summed E-state index contributed by atoms with van der Waals surface area (Å²) in [5, 5.41) is 13.5. The van der Waals surface area contributed by atoms with Gasteiger partial charge in [-0.05, 0) is 12.8 Å². The molecule has 0 aromatic rings. The van der Waals surface area contributed by atoms with Gasteiger partial charge >= 0.3 is 5.97 Å². The van der Waals surface area contributed by atoms with Gasteiger partial charge in [-0.1, -0.05) is 0 Å². The topological polar surface area (TPSA) is 105 Å². The number of ether oxygens (including phenoxy) is 1. The fraction of sp³-hybridized carbons (Fsp3) is 0.700. The standard InChI is InChI=1S/C10H16N2O5/c13-8(12-7-1-2-7)3-4-11-9(14)5-17-6-10(15)16/h7H,1-6H2,(H,11,14)(H,12,13)(H,15,16). The molecule has 0 heterocycles. The molecule has 17 heavy (non-hydrogen) atoms. The SMILES string of the molecule is O=C(O)COCC(=O)NCCC(=O)NC1CC1. The van der Waals surface area contributed by atoms with Crippen LogP contribution in [0.25, 0.3) is 0 Å². The molecule has 1 saturated carbocycles. The number of carbonyl (C=O) groups is 3. The normalized spacial score (nSPS) is 14.1. The highest BCUT2D eigenvalue weighted by atomic mass is 16.5. The molecule has 1 fully saturated rings. The zero-order valence-corrected chi connectivity index (χ0v) is 9.40. The largest absolute Gasteiger partial charge is 0.480 e. The van der Waals surface area contributed by atoms with E-state index < -0.39 is 18.5 Å². The number of nitrogens with one attached hydrogen (secondary N) is 2. The molecular weight excluding hydrogens is 228 g/mol. The number of hydrogen-bond acceptors (Lipinski definition) is 4. The molecule has 0 saturated heterocycles. The summed E-state index contributed by atoms with van der Waals surface area (Å²) in [5.74, 6) is -1.63. The third kappa shape index (κ3) is 7.29. The first-order valence-corrected chi connectivity index (χ1v) is 5.43. The molecule has 0 atom stereocenters. The van der Waals surface area contributed by atoms with Gasteiger partial charge in [0, 0.05) is 19.0 Å². The van der Waals surface area contributed by atoms with Crippen LogP contribution in [0.2, 0.25) is 0 Å². The fourth-order valence-electron chi connectivity index (χ4n) is 1.13. The number of carboxylic acid groups (broad SMARTS) is 1. The summed E-state index contributed by atoms with van der Waals surface area (Å²) in [6, 6.07) is 0.317. The van der Waals surface area contributed by atoms with Gasteiger partial charge in [0.1, 0.15) is 13.2 Å². The van der Waals surface area contributed by atoms with Gasteiger partial charge in [-0.3, -0.25) is 9.59 Å². The van der Waals surface area contributed by atoms with E-state index >= 15 is 0 Å². The van der Waals surface area contributed by atoms with Crippen LogP contribution in [0.1, 0.15) is 19.3 Å². The van der Waals surface area contributed by atoms with Gasteiger partial charge in [0.05, 0.1) is 0 Å². The average molecular weight is 244 g/mol. The summed E-state index contributed by atoms with van der Waals surface area (Å²) < 4.78 is 4.58. The quantitative estimate of drug-likeness (QED) is 0.501. The first kappa shape index (κ1) is 13.4. The summed E-state index contributed by atoms with van der Waals surface area (Å²) in [4.78, 5) is 32.4. The molecule has 0 bridgehead atoms. The maximum Gasteiger partial charge on any atom is 0.329 e. The third-order valence-electron chi connectivity index (χ3n) is 2.08. The zero-order valence-electron chi connectivity index (χ0n) is 9.40. The molecule has 0 aliphatic heterocycles. The first-order chi connectivity index (χ1) is 8.08. The monoisotopic (exact) mass is 244 g/mol. The lowest BCUT2D eigenvalue weighted by atomic mass is 10.4. The number of aliphatic carboxylic acids is 1. The number of carboxylic acids is 1. The van der Waals surface area contributed by atoms with Crippen molar-refractivity contribution in [3.63, 3.8) is 0 Å². The van der Waals surface area contributed by atoms with Crippen molar-refractivity contribution in [2.45, 2.75) is 25.3 Å². The molecule has 0 unspecified atom stereocenters. The van der Waals surface area contributed by atoms with Crippen molar-refractivity contribution in [1.29, 1.82) is 0 Å². The summed E-state index contributed by atoms with van der Waals surface area (Å²) in [5.41, 5.74) is 0. The lowest BCUT2D eigenvalue weighted by Crippen LogP contribution is -2.33. The van der Waals surface area contributed by atoms with Crippen LogP contribution in [0.5, 0.6) is 0 Å². The molecule has 96 valence electrons. The molecule has 3 N–H and O–H groups in total.